The Kier molecular flexibility index (Phi) is 5.88. The fourth-order valence-electron chi connectivity index (χ4n) is 3.82. The third-order valence-corrected chi connectivity index (χ3v) is 8.05. The predicted octanol–water partition coefficient (Wildman–Crippen LogP) is 3.12. The lowest BCUT2D eigenvalue weighted by Gasteiger charge is -2.33. The van der Waals surface area contributed by atoms with Crippen molar-refractivity contribution in [3.63, 3.8) is 0 Å². The molecule has 1 aliphatic rings. The van der Waals surface area contributed by atoms with Crippen LogP contribution in [0.1, 0.15) is 26.7 Å². The molecule has 1 N–H and O–H groups in total. The van der Waals surface area contributed by atoms with E-state index in [9.17, 15) is 13.2 Å². The Balaban J connectivity index is 1.45. The maximum absolute atomic E-state index is 12.9. The van der Waals surface area contributed by atoms with Crippen LogP contribution >= 0.6 is 11.8 Å². The number of H-pyrrole nitrogens is 1. The maximum Gasteiger partial charge on any atom is 0.277 e. The van der Waals surface area contributed by atoms with Crippen molar-refractivity contribution in [2.24, 2.45) is 0 Å². The lowest BCUT2D eigenvalue weighted by atomic mass is 10.1. The second-order valence-corrected chi connectivity index (χ2v) is 10.7. The highest BCUT2D eigenvalue weighted by atomic mass is 32.2. The number of rotatable bonds is 7. The largest absolute Gasteiger partial charge is 0.411 e. The van der Waals surface area contributed by atoms with Gasteiger partial charge in [-0.25, -0.2) is 8.42 Å². The zero-order chi connectivity index (χ0) is 21.3. The first-order valence-electron chi connectivity index (χ1n) is 9.92. The van der Waals surface area contributed by atoms with Gasteiger partial charge in [-0.2, -0.15) is 0 Å². The molecule has 1 saturated heterocycles. The third-order valence-electron chi connectivity index (χ3n) is 5.50. The SMILES string of the molecule is CC[C@H](C)N(C(=O)CSc1nnc(-c2c[nH]c3ccccc23)o1)[C@@H]1CCS(=O)(=O)C1. The van der Waals surface area contributed by atoms with Crippen molar-refractivity contribution in [1.82, 2.24) is 20.1 Å². The van der Waals surface area contributed by atoms with Gasteiger partial charge in [-0.05, 0) is 25.8 Å². The molecule has 1 amide bonds. The average molecular weight is 449 g/mol. The highest BCUT2D eigenvalue weighted by Gasteiger charge is 2.36. The quantitative estimate of drug-likeness (QED) is 0.553. The van der Waals surface area contributed by atoms with Crippen molar-refractivity contribution in [3.8, 4) is 11.5 Å². The topological polar surface area (TPSA) is 109 Å². The highest BCUT2D eigenvalue weighted by Crippen LogP contribution is 2.30. The number of aromatic nitrogens is 3. The van der Waals surface area contributed by atoms with Crippen molar-refractivity contribution >= 4 is 38.4 Å². The molecule has 1 aliphatic heterocycles. The van der Waals surface area contributed by atoms with E-state index in [0.717, 1.165) is 22.9 Å². The number of fused-ring (bicyclic) bond motifs is 1. The minimum atomic E-state index is -3.07. The van der Waals surface area contributed by atoms with Crippen LogP contribution in [-0.2, 0) is 14.6 Å². The Morgan fingerprint density at radius 1 is 1.37 bits per heavy atom. The average Bonchev–Trinajstić information content (AvgIpc) is 3.44. The summed E-state index contributed by atoms with van der Waals surface area (Å²) in [6.45, 7) is 3.95. The molecule has 0 aliphatic carbocycles. The van der Waals surface area contributed by atoms with Crippen LogP contribution in [0.25, 0.3) is 22.4 Å². The molecule has 4 rings (SSSR count). The molecule has 0 unspecified atom stereocenters. The van der Waals surface area contributed by atoms with E-state index < -0.39 is 9.84 Å². The van der Waals surface area contributed by atoms with E-state index in [0.29, 0.717) is 17.5 Å². The number of carbonyl (C=O) groups is 1. The van der Waals surface area contributed by atoms with Gasteiger partial charge in [0.05, 0.1) is 22.8 Å². The monoisotopic (exact) mass is 448 g/mol. The summed E-state index contributed by atoms with van der Waals surface area (Å²) >= 11 is 1.18. The molecular formula is C20H24N4O4S2. The molecule has 160 valence electrons. The van der Waals surface area contributed by atoms with Crippen LogP contribution in [0, 0.1) is 0 Å². The number of para-hydroxylation sites is 1. The first kappa shape index (κ1) is 20.9. The van der Waals surface area contributed by atoms with Crippen LogP contribution in [0.3, 0.4) is 0 Å². The summed E-state index contributed by atoms with van der Waals surface area (Å²) in [5.41, 5.74) is 1.79. The summed E-state index contributed by atoms with van der Waals surface area (Å²) in [5, 5.41) is 9.48. The lowest BCUT2D eigenvalue weighted by molar-refractivity contribution is -0.132. The van der Waals surface area contributed by atoms with Gasteiger partial charge in [-0.3, -0.25) is 4.79 Å². The molecule has 1 aromatic carbocycles. The highest BCUT2D eigenvalue weighted by molar-refractivity contribution is 7.99. The molecule has 0 spiro atoms. The van der Waals surface area contributed by atoms with Crippen molar-refractivity contribution in [1.29, 1.82) is 0 Å². The third kappa shape index (κ3) is 4.24. The Labute approximate surface area is 179 Å². The van der Waals surface area contributed by atoms with E-state index in [4.69, 9.17) is 4.42 Å². The van der Waals surface area contributed by atoms with Crippen molar-refractivity contribution in [2.75, 3.05) is 17.3 Å². The van der Waals surface area contributed by atoms with Crippen molar-refractivity contribution in [2.45, 2.75) is 44.0 Å². The molecule has 3 aromatic rings. The summed E-state index contributed by atoms with van der Waals surface area (Å²) in [4.78, 5) is 17.8. The van der Waals surface area contributed by atoms with Crippen LogP contribution < -0.4 is 0 Å². The van der Waals surface area contributed by atoms with Crippen LogP contribution in [0.15, 0.2) is 40.1 Å². The van der Waals surface area contributed by atoms with Crippen molar-refractivity contribution < 1.29 is 17.6 Å². The summed E-state index contributed by atoms with van der Waals surface area (Å²) in [7, 11) is -3.07. The molecular weight excluding hydrogens is 424 g/mol. The number of hydrogen-bond acceptors (Lipinski definition) is 7. The molecule has 10 heteroatoms. The number of benzene rings is 1. The summed E-state index contributed by atoms with van der Waals surface area (Å²) in [6, 6.07) is 7.54. The fraction of sp³-hybridized carbons (Fsp3) is 0.450. The molecule has 0 bridgehead atoms. The van der Waals surface area contributed by atoms with Gasteiger partial charge in [-0.1, -0.05) is 36.9 Å². The van der Waals surface area contributed by atoms with Gasteiger partial charge in [0.2, 0.25) is 5.91 Å². The van der Waals surface area contributed by atoms with Crippen LogP contribution in [0.2, 0.25) is 0 Å². The standard InChI is InChI=1S/C20H24N4O4S2/c1-3-13(2)24(14-8-9-30(26,27)12-14)18(25)11-29-20-23-22-19(28-20)16-10-21-17-7-5-4-6-15(16)17/h4-7,10,13-14,21H,3,8-9,11-12H2,1-2H3/t13-,14+/m0/s1. The van der Waals surface area contributed by atoms with E-state index in [1.54, 1.807) is 4.90 Å². The minimum absolute atomic E-state index is 0.0270. The van der Waals surface area contributed by atoms with Gasteiger partial charge in [0, 0.05) is 29.2 Å². The maximum atomic E-state index is 12.9. The molecule has 2 atom stereocenters. The fourth-order valence-corrected chi connectivity index (χ4v) is 6.17. The summed E-state index contributed by atoms with van der Waals surface area (Å²) in [5.74, 6) is 0.587. The van der Waals surface area contributed by atoms with E-state index >= 15 is 0 Å². The van der Waals surface area contributed by atoms with E-state index in [1.807, 2.05) is 44.3 Å². The second-order valence-electron chi connectivity index (χ2n) is 7.52. The first-order valence-corrected chi connectivity index (χ1v) is 12.7. The summed E-state index contributed by atoms with van der Waals surface area (Å²) < 4.78 is 29.5. The van der Waals surface area contributed by atoms with E-state index in [-0.39, 0.29) is 35.2 Å². The molecule has 0 radical (unpaired) electrons. The van der Waals surface area contributed by atoms with Gasteiger partial charge >= 0.3 is 0 Å². The van der Waals surface area contributed by atoms with E-state index in [2.05, 4.69) is 15.2 Å². The van der Waals surface area contributed by atoms with Crippen LogP contribution in [0.4, 0.5) is 0 Å². The Morgan fingerprint density at radius 2 is 2.17 bits per heavy atom. The molecule has 30 heavy (non-hydrogen) atoms. The molecule has 1 fully saturated rings. The number of carbonyl (C=O) groups excluding carboxylic acids is 1. The van der Waals surface area contributed by atoms with Crippen LogP contribution in [-0.4, -0.2) is 63.7 Å². The molecule has 0 saturated carbocycles. The zero-order valence-corrected chi connectivity index (χ0v) is 18.5. The van der Waals surface area contributed by atoms with Gasteiger partial charge < -0.3 is 14.3 Å². The van der Waals surface area contributed by atoms with E-state index in [1.165, 1.54) is 11.8 Å². The number of sulfone groups is 1. The van der Waals surface area contributed by atoms with Gasteiger partial charge in [0.15, 0.2) is 9.84 Å². The normalized spacial score (nSPS) is 19.2. The number of thioether (sulfide) groups is 1. The molecule has 3 heterocycles. The lowest BCUT2D eigenvalue weighted by Crippen LogP contribution is -2.47. The zero-order valence-electron chi connectivity index (χ0n) is 16.9. The summed E-state index contributed by atoms with van der Waals surface area (Å²) in [6.07, 6.45) is 3.08. The second kappa shape index (κ2) is 8.43. The molecule has 2 aromatic heterocycles. The minimum Gasteiger partial charge on any atom is -0.411 e. The van der Waals surface area contributed by atoms with Gasteiger partial charge in [0.1, 0.15) is 0 Å². The van der Waals surface area contributed by atoms with Gasteiger partial charge in [0.25, 0.3) is 11.1 Å². The smallest absolute Gasteiger partial charge is 0.277 e. The van der Waals surface area contributed by atoms with Gasteiger partial charge in [-0.15, -0.1) is 10.2 Å². The Morgan fingerprint density at radius 3 is 2.90 bits per heavy atom. The predicted molar refractivity (Wildman–Crippen MR) is 116 cm³/mol. The number of nitrogens with one attached hydrogen (secondary N) is 1. The number of amides is 1. The molecule has 8 nitrogen and oxygen atoms in total. The van der Waals surface area contributed by atoms with Crippen LogP contribution in [0.5, 0.6) is 0 Å². The van der Waals surface area contributed by atoms with Crippen molar-refractivity contribution in [3.05, 3.63) is 30.5 Å². The first-order chi connectivity index (χ1) is 14.4. The number of hydrogen-bond donors (Lipinski definition) is 1. The number of aromatic amines is 1. The Bertz CT molecular complexity index is 1150. The number of nitrogens with zero attached hydrogens (tertiary/aromatic N) is 3. The Hall–Kier alpha value is -2.33.